The molecule has 2 rings (SSSR count). The van der Waals surface area contributed by atoms with Crippen LogP contribution in [-0.4, -0.2) is 24.5 Å². The molecule has 0 atom stereocenters. The Balaban J connectivity index is 0.00000264. The molecule has 0 radical (unpaired) electrons. The average Bonchev–Trinajstić information content (AvgIpc) is 2.81. The highest BCUT2D eigenvalue weighted by atomic mass is 127. The number of rotatable bonds is 5. The molecule has 0 fully saturated rings. The molecule has 0 amide bonds. The van der Waals surface area contributed by atoms with Crippen LogP contribution in [0.3, 0.4) is 0 Å². The molecule has 2 N–H and O–H groups in total. The number of nitrogens with one attached hydrogen (secondary N) is 2. The maximum Gasteiger partial charge on any atom is 0.214 e. The first kappa shape index (κ1) is 19.4. The molecule has 23 heavy (non-hydrogen) atoms. The summed E-state index contributed by atoms with van der Waals surface area (Å²) >= 11 is 0. The fourth-order valence-corrected chi connectivity index (χ4v) is 2.01. The van der Waals surface area contributed by atoms with E-state index in [1.54, 1.807) is 13.1 Å². The first-order valence-corrected chi connectivity index (χ1v) is 7.20. The Morgan fingerprint density at radius 3 is 2.70 bits per heavy atom. The van der Waals surface area contributed by atoms with Gasteiger partial charge < -0.3 is 15.1 Å². The van der Waals surface area contributed by atoms with Crippen LogP contribution in [-0.2, 0) is 13.0 Å². The van der Waals surface area contributed by atoms with Crippen molar-refractivity contribution < 1.29 is 8.81 Å². The smallest absolute Gasteiger partial charge is 0.214 e. The Morgan fingerprint density at radius 1 is 1.30 bits per heavy atom. The van der Waals surface area contributed by atoms with Crippen LogP contribution in [0.15, 0.2) is 33.7 Å². The molecule has 0 saturated heterocycles. The zero-order valence-electron chi connectivity index (χ0n) is 13.5. The summed E-state index contributed by atoms with van der Waals surface area (Å²) in [4.78, 5) is 8.43. The fourth-order valence-electron chi connectivity index (χ4n) is 2.01. The van der Waals surface area contributed by atoms with Crippen molar-refractivity contribution >= 4 is 29.9 Å². The first-order valence-electron chi connectivity index (χ1n) is 7.20. The van der Waals surface area contributed by atoms with Crippen molar-refractivity contribution in [2.24, 2.45) is 4.99 Å². The van der Waals surface area contributed by atoms with Gasteiger partial charge in [-0.05, 0) is 38.0 Å². The molecule has 1 aromatic heterocycles. The van der Waals surface area contributed by atoms with Gasteiger partial charge in [-0.25, -0.2) is 9.37 Å². The maximum atomic E-state index is 13.1. The molecule has 5 nitrogen and oxygen atoms in total. The lowest BCUT2D eigenvalue weighted by atomic mass is 10.1. The SMILES string of the molecule is CN=C(NCCc1cccc(F)c1)NCc1nc(C)c(C)o1.I. The van der Waals surface area contributed by atoms with Gasteiger partial charge in [0, 0.05) is 13.6 Å². The van der Waals surface area contributed by atoms with E-state index in [9.17, 15) is 4.39 Å². The quantitative estimate of drug-likeness (QED) is 0.434. The number of benzene rings is 1. The van der Waals surface area contributed by atoms with E-state index in [-0.39, 0.29) is 29.8 Å². The molecular formula is C16H22FIN4O. The number of guanidine groups is 1. The molecule has 2 aromatic rings. The standard InChI is InChI=1S/C16H21FN4O.HI/c1-11-12(2)22-15(21-11)10-20-16(18-3)19-8-7-13-5-4-6-14(17)9-13;/h4-6,9H,7-8,10H2,1-3H3,(H2,18,19,20);1H. The highest BCUT2D eigenvalue weighted by Crippen LogP contribution is 2.07. The van der Waals surface area contributed by atoms with Gasteiger partial charge in [0.1, 0.15) is 11.6 Å². The lowest BCUT2D eigenvalue weighted by molar-refractivity contribution is 0.463. The minimum Gasteiger partial charge on any atom is -0.444 e. The van der Waals surface area contributed by atoms with Crippen molar-refractivity contribution in [1.29, 1.82) is 0 Å². The maximum absolute atomic E-state index is 13.1. The van der Waals surface area contributed by atoms with E-state index in [2.05, 4.69) is 20.6 Å². The summed E-state index contributed by atoms with van der Waals surface area (Å²) in [5, 5.41) is 6.31. The van der Waals surface area contributed by atoms with E-state index in [0.717, 1.165) is 23.4 Å². The normalized spacial score (nSPS) is 11.0. The molecule has 0 saturated carbocycles. The second-order valence-corrected chi connectivity index (χ2v) is 4.98. The molecule has 0 unspecified atom stereocenters. The van der Waals surface area contributed by atoms with E-state index >= 15 is 0 Å². The molecule has 0 bridgehead atoms. The molecule has 7 heteroatoms. The van der Waals surface area contributed by atoms with Crippen molar-refractivity contribution in [1.82, 2.24) is 15.6 Å². The summed E-state index contributed by atoms with van der Waals surface area (Å²) in [5.41, 5.74) is 1.84. The molecule has 126 valence electrons. The van der Waals surface area contributed by atoms with E-state index in [1.165, 1.54) is 12.1 Å². The molecule has 0 aliphatic carbocycles. The van der Waals surface area contributed by atoms with Gasteiger partial charge in [0.05, 0.1) is 12.2 Å². The highest BCUT2D eigenvalue weighted by Gasteiger charge is 2.06. The van der Waals surface area contributed by atoms with Crippen LogP contribution in [0, 0.1) is 19.7 Å². The number of oxazole rings is 1. The van der Waals surface area contributed by atoms with Crippen molar-refractivity contribution in [3.8, 4) is 0 Å². The van der Waals surface area contributed by atoms with Gasteiger partial charge >= 0.3 is 0 Å². The Hall–Kier alpha value is -1.64. The lowest BCUT2D eigenvalue weighted by Gasteiger charge is -2.10. The van der Waals surface area contributed by atoms with Crippen LogP contribution in [0.1, 0.15) is 22.9 Å². The number of halogens is 2. The van der Waals surface area contributed by atoms with Crippen molar-refractivity contribution in [2.45, 2.75) is 26.8 Å². The van der Waals surface area contributed by atoms with E-state index < -0.39 is 0 Å². The number of nitrogens with zero attached hydrogens (tertiary/aromatic N) is 2. The van der Waals surface area contributed by atoms with Gasteiger partial charge in [-0.15, -0.1) is 24.0 Å². The Kier molecular flexibility index (Phi) is 8.01. The number of aliphatic imine (C=N–C) groups is 1. The number of aryl methyl sites for hydroxylation is 2. The molecule has 0 spiro atoms. The van der Waals surface area contributed by atoms with E-state index in [0.29, 0.717) is 24.9 Å². The third kappa shape index (κ3) is 6.17. The summed E-state index contributed by atoms with van der Waals surface area (Å²) in [6.07, 6.45) is 0.718. The van der Waals surface area contributed by atoms with Gasteiger partial charge in [0.15, 0.2) is 5.96 Å². The molecule has 1 heterocycles. The van der Waals surface area contributed by atoms with E-state index in [1.807, 2.05) is 19.9 Å². The fraction of sp³-hybridized carbons (Fsp3) is 0.375. The predicted molar refractivity (Wildman–Crippen MR) is 99.7 cm³/mol. The van der Waals surface area contributed by atoms with Crippen molar-refractivity contribution in [2.75, 3.05) is 13.6 Å². The van der Waals surface area contributed by atoms with Gasteiger partial charge in [0.25, 0.3) is 0 Å². The highest BCUT2D eigenvalue weighted by molar-refractivity contribution is 14.0. The molecule has 0 aliphatic heterocycles. The summed E-state index contributed by atoms with van der Waals surface area (Å²) in [7, 11) is 1.70. The minimum absolute atomic E-state index is 0. The Labute approximate surface area is 152 Å². The van der Waals surface area contributed by atoms with Gasteiger partial charge in [0.2, 0.25) is 5.89 Å². The first-order chi connectivity index (χ1) is 10.6. The molecule has 0 aliphatic rings. The predicted octanol–water partition coefficient (Wildman–Crippen LogP) is 2.96. The van der Waals surface area contributed by atoms with Crippen LogP contribution < -0.4 is 10.6 Å². The number of aromatic nitrogens is 1. The van der Waals surface area contributed by atoms with Gasteiger partial charge in [-0.2, -0.15) is 0 Å². The van der Waals surface area contributed by atoms with Crippen LogP contribution in [0.2, 0.25) is 0 Å². The number of hydrogen-bond acceptors (Lipinski definition) is 3. The van der Waals surface area contributed by atoms with Gasteiger partial charge in [-0.3, -0.25) is 4.99 Å². The van der Waals surface area contributed by atoms with Crippen molar-refractivity contribution in [3.05, 3.63) is 53.0 Å². The second-order valence-electron chi connectivity index (χ2n) is 4.98. The van der Waals surface area contributed by atoms with Crippen LogP contribution in [0.5, 0.6) is 0 Å². The third-order valence-electron chi connectivity index (χ3n) is 3.30. The third-order valence-corrected chi connectivity index (χ3v) is 3.30. The summed E-state index contributed by atoms with van der Waals surface area (Å²) < 4.78 is 18.6. The number of hydrogen-bond donors (Lipinski definition) is 2. The summed E-state index contributed by atoms with van der Waals surface area (Å²) in [5.74, 6) is 1.90. The Morgan fingerprint density at radius 2 is 2.09 bits per heavy atom. The van der Waals surface area contributed by atoms with Crippen LogP contribution >= 0.6 is 24.0 Å². The zero-order chi connectivity index (χ0) is 15.9. The van der Waals surface area contributed by atoms with Crippen LogP contribution in [0.25, 0.3) is 0 Å². The monoisotopic (exact) mass is 432 g/mol. The average molecular weight is 432 g/mol. The van der Waals surface area contributed by atoms with Crippen molar-refractivity contribution in [3.63, 3.8) is 0 Å². The molecule has 1 aromatic carbocycles. The minimum atomic E-state index is -0.213. The van der Waals surface area contributed by atoms with E-state index in [4.69, 9.17) is 4.42 Å². The van der Waals surface area contributed by atoms with Gasteiger partial charge in [-0.1, -0.05) is 12.1 Å². The zero-order valence-corrected chi connectivity index (χ0v) is 15.8. The largest absolute Gasteiger partial charge is 0.444 e. The Bertz CT molecular complexity index is 638. The lowest BCUT2D eigenvalue weighted by Crippen LogP contribution is -2.37. The summed E-state index contributed by atoms with van der Waals surface area (Å²) in [6, 6.07) is 6.60. The summed E-state index contributed by atoms with van der Waals surface area (Å²) in [6.45, 7) is 4.92. The van der Waals surface area contributed by atoms with Crippen LogP contribution in [0.4, 0.5) is 4.39 Å². The molecular weight excluding hydrogens is 410 g/mol. The topological polar surface area (TPSA) is 62.5 Å². The second kappa shape index (κ2) is 9.49.